The highest BCUT2D eigenvalue weighted by Crippen LogP contribution is 2.11. The van der Waals surface area contributed by atoms with Gasteiger partial charge < -0.3 is 4.98 Å². The highest BCUT2D eigenvalue weighted by molar-refractivity contribution is 9.10. The number of aryl methyl sites for hydroxylation is 1. The van der Waals surface area contributed by atoms with Crippen molar-refractivity contribution in [2.24, 2.45) is 5.10 Å². The highest BCUT2D eigenvalue weighted by Gasteiger charge is 2.11. The topological polar surface area (TPSA) is 107 Å². The average Bonchev–Trinajstić information content (AvgIpc) is 2.49. The third kappa shape index (κ3) is 4.49. The number of amides is 1. The van der Waals surface area contributed by atoms with Gasteiger partial charge in [0.05, 0.1) is 12.1 Å². The first-order chi connectivity index (χ1) is 10.9. The van der Waals surface area contributed by atoms with E-state index in [0.717, 1.165) is 10.0 Å². The Labute approximate surface area is 140 Å². The van der Waals surface area contributed by atoms with Crippen molar-refractivity contribution in [1.29, 1.82) is 0 Å². The number of carbonyl (C=O) groups excluding carboxylic acids is 1. The Balaban J connectivity index is 2.08. The number of hydrazone groups is 1. The molecule has 3 N–H and O–H groups in total. The summed E-state index contributed by atoms with van der Waals surface area (Å²) in [6.07, 6.45) is -0.172. The second-order valence-corrected chi connectivity index (χ2v) is 5.84. The molecule has 1 aromatic heterocycles. The summed E-state index contributed by atoms with van der Waals surface area (Å²) < 4.78 is 0.950. The first-order valence-corrected chi connectivity index (χ1v) is 7.57. The van der Waals surface area contributed by atoms with Gasteiger partial charge in [-0.1, -0.05) is 28.1 Å². The number of hydrogen-bond acceptors (Lipinski definition) is 4. The van der Waals surface area contributed by atoms with E-state index >= 15 is 0 Å². The first-order valence-electron chi connectivity index (χ1n) is 6.78. The normalized spacial score (nSPS) is 11.3. The smallest absolute Gasteiger partial charge is 0.311 e. The quantitative estimate of drug-likeness (QED) is 0.549. The van der Waals surface area contributed by atoms with E-state index in [0.29, 0.717) is 11.4 Å². The van der Waals surface area contributed by atoms with E-state index in [1.807, 2.05) is 24.3 Å². The Morgan fingerprint density at radius 1 is 1.22 bits per heavy atom. The second kappa shape index (κ2) is 7.19. The van der Waals surface area contributed by atoms with Crippen LogP contribution >= 0.6 is 15.9 Å². The Morgan fingerprint density at radius 3 is 2.48 bits per heavy atom. The SMILES string of the molecule is CC(=NNC(=O)Cc1c(C)[nH]c(=O)[nH]c1=O)c1ccc(Br)cc1. The maximum Gasteiger partial charge on any atom is 0.325 e. The molecule has 23 heavy (non-hydrogen) atoms. The van der Waals surface area contributed by atoms with Crippen LogP contribution < -0.4 is 16.7 Å². The monoisotopic (exact) mass is 378 g/mol. The number of nitrogens with one attached hydrogen (secondary N) is 3. The predicted octanol–water partition coefficient (Wildman–Crippen LogP) is 1.22. The van der Waals surface area contributed by atoms with Crippen molar-refractivity contribution in [1.82, 2.24) is 15.4 Å². The summed E-state index contributed by atoms with van der Waals surface area (Å²) in [7, 11) is 0. The summed E-state index contributed by atoms with van der Waals surface area (Å²) in [5.41, 5.74) is 3.31. The van der Waals surface area contributed by atoms with Gasteiger partial charge in [0, 0.05) is 15.7 Å². The molecule has 1 heterocycles. The van der Waals surface area contributed by atoms with Crippen LogP contribution in [0.15, 0.2) is 43.4 Å². The summed E-state index contributed by atoms with van der Waals surface area (Å²) in [5.74, 6) is -0.442. The minimum absolute atomic E-state index is 0.172. The number of aromatic nitrogens is 2. The van der Waals surface area contributed by atoms with Crippen LogP contribution in [0.1, 0.15) is 23.7 Å². The van der Waals surface area contributed by atoms with Crippen LogP contribution in [0.5, 0.6) is 0 Å². The predicted molar refractivity (Wildman–Crippen MR) is 90.6 cm³/mol. The van der Waals surface area contributed by atoms with Crippen LogP contribution in [0.25, 0.3) is 0 Å². The fourth-order valence-electron chi connectivity index (χ4n) is 1.94. The second-order valence-electron chi connectivity index (χ2n) is 4.93. The van der Waals surface area contributed by atoms with Crippen molar-refractivity contribution in [3.63, 3.8) is 0 Å². The molecule has 0 atom stereocenters. The van der Waals surface area contributed by atoms with Crippen molar-refractivity contribution in [2.45, 2.75) is 20.3 Å². The molecule has 0 fully saturated rings. The molecule has 7 nitrogen and oxygen atoms in total. The number of benzene rings is 1. The van der Waals surface area contributed by atoms with Crippen molar-refractivity contribution in [3.05, 3.63) is 66.4 Å². The third-order valence-electron chi connectivity index (χ3n) is 3.20. The molecule has 0 saturated carbocycles. The summed E-state index contributed by atoms with van der Waals surface area (Å²) in [6.45, 7) is 3.33. The highest BCUT2D eigenvalue weighted by atomic mass is 79.9. The Bertz CT molecular complexity index is 866. The molecular formula is C15H15BrN4O3. The van der Waals surface area contributed by atoms with Gasteiger partial charge in [-0.2, -0.15) is 5.10 Å². The van der Waals surface area contributed by atoms with Gasteiger partial charge >= 0.3 is 5.69 Å². The molecule has 0 radical (unpaired) electrons. The van der Waals surface area contributed by atoms with E-state index in [9.17, 15) is 14.4 Å². The van der Waals surface area contributed by atoms with Crippen LogP contribution in [-0.2, 0) is 11.2 Å². The van der Waals surface area contributed by atoms with Crippen molar-refractivity contribution in [2.75, 3.05) is 0 Å². The van der Waals surface area contributed by atoms with E-state index in [-0.39, 0.29) is 12.0 Å². The zero-order valence-corrected chi connectivity index (χ0v) is 14.2. The van der Waals surface area contributed by atoms with Gasteiger partial charge in [0.1, 0.15) is 0 Å². The summed E-state index contributed by atoms with van der Waals surface area (Å²) in [6, 6.07) is 7.48. The Hall–Kier alpha value is -2.48. The maximum absolute atomic E-state index is 11.9. The molecular weight excluding hydrogens is 364 g/mol. The molecule has 120 valence electrons. The number of H-pyrrole nitrogens is 2. The minimum atomic E-state index is -0.597. The molecule has 2 aromatic rings. The molecule has 0 aliphatic carbocycles. The zero-order valence-electron chi connectivity index (χ0n) is 12.6. The largest absolute Gasteiger partial charge is 0.325 e. The number of hydrogen-bond donors (Lipinski definition) is 3. The summed E-state index contributed by atoms with van der Waals surface area (Å²) in [5, 5.41) is 4.01. The number of aromatic amines is 2. The van der Waals surface area contributed by atoms with Gasteiger partial charge in [-0.05, 0) is 31.5 Å². The summed E-state index contributed by atoms with van der Waals surface area (Å²) >= 11 is 3.35. The van der Waals surface area contributed by atoms with E-state index < -0.39 is 17.2 Å². The van der Waals surface area contributed by atoms with Gasteiger partial charge in [0.25, 0.3) is 5.56 Å². The van der Waals surface area contributed by atoms with E-state index in [1.54, 1.807) is 13.8 Å². The molecule has 0 saturated heterocycles. The number of halogens is 1. The molecule has 8 heteroatoms. The van der Waals surface area contributed by atoms with E-state index in [2.05, 4.69) is 36.4 Å². The van der Waals surface area contributed by atoms with Crippen molar-refractivity contribution < 1.29 is 4.79 Å². The molecule has 0 unspecified atom stereocenters. The van der Waals surface area contributed by atoms with Gasteiger partial charge in [-0.3, -0.25) is 14.6 Å². The molecule has 0 aliphatic heterocycles. The van der Waals surface area contributed by atoms with Crippen LogP contribution in [0.3, 0.4) is 0 Å². The Morgan fingerprint density at radius 2 is 1.87 bits per heavy atom. The van der Waals surface area contributed by atoms with Crippen LogP contribution in [0.2, 0.25) is 0 Å². The van der Waals surface area contributed by atoms with Crippen LogP contribution in [0, 0.1) is 6.92 Å². The molecule has 0 aliphatic rings. The van der Waals surface area contributed by atoms with Gasteiger partial charge in [-0.15, -0.1) is 0 Å². The fraction of sp³-hybridized carbons (Fsp3) is 0.200. The zero-order chi connectivity index (χ0) is 17.0. The van der Waals surface area contributed by atoms with Crippen LogP contribution in [-0.4, -0.2) is 21.6 Å². The number of carbonyl (C=O) groups is 1. The third-order valence-corrected chi connectivity index (χ3v) is 3.73. The average molecular weight is 379 g/mol. The molecule has 1 aromatic carbocycles. The van der Waals surface area contributed by atoms with Crippen molar-refractivity contribution in [3.8, 4) is 0 Å². The van der Waals surface area contributed by atoms with E-state index in [4.69, 9.17) is 0 Å². The minimum Gasteiger partial charge on any atom is -0.311 e. The lowest BCUT2D eigenvalue weighted by atomic mass is 10.1. The lowest BCUT2D eigenvalue weighted by Gasteiger charge is -2.05. The van der Waals surface area contributed by atoms with Gasteiger partial charge in [0.15, 0.2) is 0 Å². The number of rotatable bonds is 4. The lowest BCUT2D eigenvalue weighted by Crippen LogP contribution is -2.31. The first kappa shape index (κ1) is 16.9. The molecule has 0 spiro atoms. The van der Waals surface area contributed by atoms with Gasteiger partial charge in [-0.25, -0.2) is 10.2 Å². The van der Waals surface area contributed by atoms with E-state index in [1.165, 1.54) is 0 Å². The van der Waals surface area contributed by atoms with Crippen LogP contribution in [0.4, 0.5) is 0 Å². The fourth-order valence-corrected chi connectivity index (χ4v) is 2.20. The molecule has 1 amide bonds. The van der Waals surface area contributed by atoms with Crippen molar-refractivity contribution >= 4 is 27.5 Å². The Kier molecular flexibility index (Phi) is 5.28. The lowest BCUT2D eigenvalue weighted by molar-refractivity contribution is -0.120. The maximum atomic E-state index is 11.9. The molecule has 2 rings (SSSR count). The van der Waals surface area contributed by atoms with Gasteiger partial charge in [0.2, 0.25) is 5.91 Å². The number of nitrogens with zero attached hydrogens (tertiary/aromatic N) is 1. The standard InChI is InChI=1S/C15H15BrN4O3/c1-8(10-3-5-11(16)6-4-10)19-20-13(21)7-12-9(2)17-15(23)18-14(12)22/h3-6H,7H2,1-2H3,(H,20,21)(H2,17,18,22,23). The summed E-state index contributed by atoms with van der Waals surface area (Å²) in [4.78, 5) is 39.3. The molecule has 0 bridgehead atoms.